The molecule has 0 bridgehead atoms. The van der Waals surface area contributed by atoms with E-state index in [1.54, 1.807) is 0 Å². The van der Waals surface area contributed by atoms with Gasteiger partial charge in [0.2, 0.25) is 0 Å². The first kappa shape index (κ1) is 14.5. The van der Waals surface area contributed by atoms with Gasteiger partial charge < -0.3 is 5.32 Å². The van der Waals surface area contributed by atoms with Gasteiger partial charge in [0, 0.05) is 30.2 Å². The third-order valence-corrected chi connectivity index (χ3v) is 4.46. The van der Waals surface area contributed by atoms with Crippen LogP contribution in [0.1, 0.15) is 11.4 Å². The number of halogens is 2. The standard InChI is InChI=1S/C15H14BrClN4/c16-12-5-4-11(9-13(12)17)10-18-7-6-15-20-19-14-3-1-2-8-21(14)15/h1-5,8-9,18H,6-7,10H2. The maximum atomic E-state index is 6.08. The molecule has 3 aromatic rings. The van der Waals surface area contributed by atoms with Crippen LogP contribution in [0.5, 0.6) is 0 Å². The maximum Gasteiger partial charge on any atom is 0.160 e. The Bertz CT molecular complexity index is 756. The smallest absolute Gasteiger partial charge is 0.160 e. The highest BCUT2D eigenvalue weighted by Crippen LogP contribution is 2.23. The van der Waals surface area contributed by atoms with Crippen LogP contribution in [0.2, 0.25) is 5.02 Å². The first-order valence-corrected chi connectivity index (χ1v) is 7.84. The van der Waals surface area contributed by atoms with Crippen LogP contribution in [0.25, 0.3) is 5.65 Å². The van der Waals surface area contributed by atoms with Crippen LogP contribution in [0.3, 0.4) is 0 Å². The lowest BCUT2D eigenvalue weighted by atomic mass is 10.2. The second kappa shape index (κ2) is 6.56. The molecular weight excluding hydrogens is 352 g/mol. The number of benzene rings is 1. The van der Waals surface area contributed by atoms with Crippen LogP contribution in [-0.2, 0) is 13.0 Å². The normalized spacial score (nSPS) is 11.1. The zero-order chi connectivity index (χ0) is 14.7. The highest BCUT2D eigenvalue weighted by atomic mass is 79.9. The van der Waals surface area contributed by atoms with Crippen molar-refractivity contribution in [1.29, 1.82) is 0 Å². The van der Waals surface area contributed by atoms with E-state index in [9.17, 15) is 0 Å². The van der Waals surface area contributed by atoms with Crippen molar-refractivity contribution in [3.05, 3.63) is 63.5 Å². The van der Waals surface area contributed by atoms with Gasteiger partial charge in [-0.05, 0) is 45.8 Å². The van der Waals surface area contributed by atoms with Crippen LogP contribution < -0.4 is 5.32 Å². The number of hydrogen-bond acceptors (Lipinski definition) is 3. The van der Waals surface area contributed by atoms with Crippen molar-refractivity contribution in [3.8, 4) is 0 Å². The Kier molecular flexibility index (Phi) is 4.53. The molecule has 1 aromatic carbocycles. The van der Waals surface area contributed by atoms with Crippen molar-refractivity contribution in [1.82, 2.24) is 19.9 Å². The summed E-state index contributed by atoms with van der Waals surface area (Å²) in [5.41, 5.74) is 2.04. The lowest BCUT2D eigenvalue weighted by molar-refractivity contribution is 0.667. The van der Waals surface area contributed by atoms with Crippen molar-refractivity contribution in [3.63, 3.8) is 0 Å². The van der Waals surface area contributed by atoms with Crippen LogP contribution in [0.4, 0.5) is 0 Å². The van der Waals surface area contributed by atoms with Gasteiger partial charge in [0.15, 0.2) is 5.65 Å². The molecule has 4 nitrogen and oxygen atoms in total. The molecule has 0 fully saturated rings. The van der Waals surface area contributed by atoms with Gasteiger partial charge in [-0.1, -0.05) is 23.7 Å². The Morgan fingerprint density at radius 3 is 2.95 bits per heavy atom. The molecule has 0 unspecified atom stereocenters. The maximum absolute atomic E-state index is 6.08. The van der Waals surface area contributed by atoms with Crippen LogP contribution in [-0.4, -0.2) is 21.1 Å². The highest BCUT2D eigenvalue weighted by Gasteiger charge is 2.04. The monoisotopic (exact) mass is 364 g/mol. The fourth-order valence-corrected chi connectivity index (χ4v) is 2.59. The predicted molar refractivity (Wildman–Crippen MR) is 87.5 cm³/mol. The Morgan fingerprint density at radius 1 is 1.19 bits per heavy atom. The predicted octanol–water partition coefficient (Wildman–Crippen LogP) is 3.48. The molecule has 21 heavy (non-hydrogen) atoms. The molecule has 0 spiro atoms. The number of nitrogens with one attached hydrogen (secondary N) is 1. The third kappa shape index (κ3) is 3.43. The first-order valence-electron chi connectivity index (χ1n) is 6.67. The molecule has 0 saturated carbocycles. The van der Waals surface area contributed by atoms with Gasteiger partial charge in [-0.25, -0.2) is 0 Å². The number of rotatable bonds is 5. The third-order valence-electron chi connectivity index (χ3n) is 3.22. The lowest BCUT2D eigenvalue weighted by Gasteiger charge is -2.05. The number of fused-ring (bicyclic) bond motifs is 1. The van der Waals surface area contributed by atoms with E-state index in [1.165, 1.54) is 0 Å². The van der Waals surface area contributed by atoms with E-state index >= 15 is 0 Å². The molecule has 2 aromatic heterocycles. The van der Waals surface area contributed by atoms with Gasteiger partial charge in [-0.15, -0.1) is 10.2 Å². The van der Waals surface area contributed by atoms with E-state index < -0.39 is 0 Å². The molecule has 0 saturated heterocycles. The van der Waals surface area contributed by atoms with E-state index in [0.717, 1.165) is 46.0 Å². The summed E-state index contributed by atoms with van der Waals surface area (Å²) in [6.07, 6.45) is 2.81. The van der Waals surface area contributed by atoms with Crippen molar-refractivity contribution < 1.29 is 0 Å². The summed E-state index contributed by atoms with van der Waals surface area (Å²) >= 11 is 9.47. The highest BCUT2D eigenvalue weighted by molar-refractivity contribution is 9.10. The lowest BCUT2D eigenvalue weighted by Crippen LogP contribution is -2.17. The fourth-order valence-electron chi connectivity index (χ4n) is 2.14. The van der Waals surface area contributed by atoms with Gasteiger partial charge in [-0.2, -0.15) is 0 Å². The molecule has 2 heterocycles. The van der Waals surface area contributed by atoms with Crippen molar-refractivity contribution >= 4 is 33.2 Å². The quantitative estimate of drug-likeness (QED) is 0.704. The molecule has 0 aliphatic carbocycles. The van der Waals surface area contributed by atoms with E-state index in [2.05, 4.69) is 37.5 Å². The van der Waals surface area contributed by atoms with Gasteiger partial charge >= 0.3 is 0 Å². The van der Waals surface area contributed by atoms with E-state index in [4.69, 9.17) is 11.6 Å². The average molecular weight is 366 g/mol. The molecule has 3 rings (SSSR count). The molecular formula is C15H14BrClN4. The summed E-state index contributed by atoms with van der Waals surface area (Å²) in [6, 6.07) is 11.9. The van der Waals surface area contributed by atoms with Gasteiger partial charge in [0.25, 0.3) is 0 Å². The summed E-state index contributed by atoms with van der Waals surface area (Å²) < 4.78 is 2.93. The minimum absolute atomic E-state index is 0.734. The Hall–Kier alpha value is -1.43. The second-order valence-electron chi connectivity index (χ2n) is 4.72. The topological polar surface area (TPSA) is 42.2 Å². The summed E-state index contributed by atoms with van der Waals surface area (Å²) in [5.74, 6) is 0.965. The zero-order valence-corrected chi connectivity index (χ0v) is 13.6. The molecule has 1 N–H and O–H groups in total. The molecule has 6 heteroatoms. The Balaban J connectivity index is 1.55. The van der Waals surface area contributed by atoms with Crippen LogP contribution in [0, 0.1) is 0 Å². The molecule has 0 amide bonds. The minimum Gasteiger partial charge on any atom is -0.312 e. The molecule has 0 radical (unpaired) electrons. The Morgan fingerprint density at radius 2 is 2.10 bits per heavy atom. The van der Waals surface area contributed by atoms with Crippen molar-refractivity contribution in [2.24, 2.45) is 0 Å². The number of pyridine rings is 1. The molecule has 108 valence electrons. The van der Waals surface area contributed by atoms with Crippen LogP contribution >= 0.6 is 27.5 Å². The van der Waals surface area contributed by atoms with E-state index in [0.29, 0.717) is 0 Å². The van der Waals surface area contributed by atoms with Crippen LogP contribution in [0.15, 0.2) is 47.1 Å². The Labute approximate surface area is 136 Å². The molecule has 0 aliphatic heterocycles. The SMILES string of the molecule is Clc1cc(CNCCc2nnc3ccccn23)ccc1Br. The average Bonchev–Trinajstić information content (AvgIpc) is 2.91. The second-order valence-corrected chi connectivity index (χ2v) is 5.98. The van der Waals surface area contributed by atoms with E-state index in [-0.39, 0.29) is 0 Å². The summed E-state index contributed by atoms with van der Waals surface area (Å²) in [4.78, 5) is 0. The number of nitrogens with zero attached hydrogens (tertiary/aromatic N) is 3. The molecule has 0 aliphatic rings. The van der Waals surface area contributed by atoms with Gasteiger partial charge in [-0.3, -0.25) is 4.40 Å². The van der Waals surface area contributed by atoms with Gasteiger partial charge in [0.1, 0.15) is 5.82 Å². The largest absolute Gasteiger partial charge is 0.312 e. The summed E-state index contributed by atoms with van der Waals surface area (Å²) in [7, 11) is 0. The van der Waals surface area contributed by atoms with Gasteiger partial charge in [0.05, 0.1) is 5.02 Å². The zero-order valence-electron chi connectivity index (χ0n) is 11.3. The molecule has 0 atom stereocenters. The first-order chi connectivity index (χ1) is 10.2. The summed E-state index contributed by atoms with van der Waals surface area (Å²) in [5, 5.41) is 12.5. The fraction of sp³-hybridized carbons (Fsp3) is 0.200. The number of hydrogen-bond donors (Lipinski definition) is 1. The number of aromatic nitrogens is 3. The van der Waals surface area contributed by atoms with E-state index in [1.807, 2.05) is 40.9 Å². The minimum atomic E-state index is 0.734. The summed E-state index contributed by atoms with van der Waals surface area (Å²) in [6.45, 7) is 1.62. The van der Waals surface area contributed by atoms with Crippen molar-refractivity contribution in [2.75, 3.05) is 6.54 Å². The van der Waals surface area contributed by atoms with Crippen molar-refractivity contribution in [2.45, 2.75) is 13.0 Å².